The molecular weight excluding hydrogens is 286 g/mol. The maximum Gasteiger partial charge on any atom is 0.407 e. The van der Waals surface area contributed by atoms with Gasteiger partial charge in [0.1, 0.15) is 5.60 Å². The topological polar surface area (TPSA) is 77.0 Å². The van der Waals surface area contributed by atoms with E-state index in [1.54, 1.807) is 7.11 Å². The summed E-state index contributed by atoms with van der Waals surface area (Å²) >= 11 is 0. The van der Waals surface area contributed by atoms with E-state index in [0.29, 0.717) is 32.8 Å². The van der Waals surface area contributed by atoms with Crippen LogP contribution in [0.1, 0.15) is 47.0 Å². The fraction of sp³-hybridized carbons (Fsp3) is 0.938. The molecule has 1 unspecified atom stereocenters. The molecule has 22 heavy (non-hydrogen) atoms. The van der Waals surface area contributed by atoms with Gasteiger partial charge in [0, 0.05) is 25.7 Å². The number of nitrogens with one attached hydrogen (secondary N) is 1. The average molecular weight is 319 g/mol. The first-order valence-corrected chi connectivity index (χ1v) is 7.93. The molecule has 6 heteroatoms. The zero-order valence-electron chi connectivity index (χ0n) is 14.7. The van der Waals surface area contributed by atoms with E-state index in [4.69, 9.17) is 14.2 Å². The van der Waals surface area contributed by atoms with Crippen LogP contribution in [0.3, 0.4) is 0 Å². The SMILES string of the molecule is CCCC(CO)(CCOCCOC)CNC(=O)OC(C)(C)C. The molecule has 0 saturated heterocycles. The molecule has 0 aromatic rings. The van der Waals surface area contributed by atoms with Gasteiger partial charge in [-0.1, -0.05) is 13.3 Å². The van der Waals surface area contributed by atoms with E-state index >= 15 is 0 Å². The molecule has 0 fully saturated rings. The predicted molar refractivity (Wildman–Crippen MR) is 86.0 cm³/mol. The first kappa shape index (κ1) is 21.1. The summed E-state index contributed by atoms with van der Waals surface area (Å²) in [7, 11) is 1.63. The highest BCUT2D eigenvalue weighted by Gasteiger charge is 2.29. The van der Waals surface area contributed by atoms with Gasteiger partial charge in [-0.05, 0) is 33.6 Å². The van der Waals surface area contributed by atoms with Gasteiger partial charge in [-0.15, -0.1) is 0 Å². The highest BCUT2D eigenvalue weighted by Crippen LogP contribution is 2.27. The normalized spacial score (nSPS) is 14.5. The van der Waals surface area contributed by atoms with Gasteiger partial charge in [-0.3, -0.25) is 0 Å². The molecule has 132 valence electrons. The molecule has 0 heterocycles. The smallest absolute Gasteiger partial charge is 0.407 e. The summed E-state index contributed by atoms with van der Waals surface area (Å²) in [5.41, 5.74) is -0.904. The second-order valence-electron chi connectivity index (χ2n) is 6.62. The molecule has 1 atom stereocenters. The van der Waals surface area contributed by atoms with Crippen LogP contribution in [0.5, 0.6) is 0 Å². The van der Waals surface area contributed by atoms with Gasteiger partial charge in [-0.25, -0.2) is 4.79 Å². The Morgan fingerprint density at radius 1 is 1.14 bits per heavy atom. The van der Waals surface area contributed by atoms with Gasteiger partial charge in [0.2, 0.25) is 0 Å². The van der Waals surface area contributed by atoms with Crippen molar-refractivity contribution in [2.45, 2.75) is 52.6 Å². The van der Waals surface area contributed by atoms with E-state index in [-0.39, 0.29) is 12.0 Å². The number of aliphatic hydroxyl groups excluding tert-OH is 1. The van der Waals surface area contributed by atoms with Gasteiger partial charge < -0.3 is 24.6 Å². The van der Waals surface area contributed by atoms with Crippen molar-refractivity contribution in [2.24, 2.45) is 5.41 Å². The minimum atomic E-state index is -0.528. The van der Waals surface area contributed by atoms with E-state index in [9.17, 15) is 9.90 Å². The molecule has 0 rings (SSSR count). The third-order valence-electron chi connectivity index (χ3n) is 3.33. The van der Waals surface area contributed by atoms with Gasteiger partial charge in [0.05, 0.1) is 19.8 Å². The second-order valence-corrected chi connectivity index (χ2v) is 6.62. The fourth-order valence-corrected chi connectivity index (χ4v) is 2.15. The van der Waals surface area contributed by atoms with E-state index in [0.717, 1.165) is 12.8 Å². The van der Waals surface area contributed by atoms with Crippen molar-refractivity contribution in [1.29, 1.82) is 0 Å². The molecule has 0 aliphatic rings. The summed E-state index contributed by atoms with van der Waals surface area (Å²) in [4.78, 5) is 11.8. The second kappa shape index (κ2) is 10.8. The number of alkyl carbamates (subject to hydrolysis) is 1. The molecule has 0 aliphatic heterocycles. The minimum absolute atomic E-state index is 0.00424. The monoisotopic (exact) mass is 319 g/mol. The Labute approximate surface area is 134 Å². The molecule has 0 radical (unpaired) electrons. The first-order valence-electron chi connectivity index (χ1n) is 7.93. The van der Waals surface area contributed by atoms with E-state index in [1.807, 2.05) is 20.8 Å². The molecule has 0 aliphatic carbocycles. The van der Waals surface area contributed by atoms with Crippen LogP contribution in [0.4, 0.5) is 4.79 Å². The van der Waals surface area contributed by atoms with Crippen LogP contribution >= 0.6 is 0 Å². The summed E-state index contributed by atoms with van der Waals surface area (Å²) in [6.45, 7) is 9.51. The zero-order chi connectivity index (χ0) is 17.1. The Morgan fingerprint density at radius 2 is 1.82 bits per heavy atom. The lowest BCUT2D eigenvalue weighted by atomic mass is 9.81. The number of hydrogen-bond acceptors (Lipinski definition) is 5. The van der Waals surface area contributed by atoms with Crippen molar-refractivity contribution in [3.8, 4) is 0 Å². The first-order chi connectivity index (χ1) is 10.3. The molecule has 0 spiro atoms. The Hall–Kier alpha value is -0.850. The summed E-state index contributed by atoms with van der Waals surface area (Å²) < 4.78 is 15.6. The van der Waals surface area contributed by atoms with Crippen LogP contribution in [0.2, 0.25) is 0 Å². The average Bonchev–Trinajstić information content (AvgIpc) is 2.42. The number of ether oxygens (including phenoxy) is 3. The summed E-state index contributed by atoms with van der Waals surface area (Å²) in [5.74, 6) is 0. The number of carbonyl (C=O) groups excluding carboxylic acids is 1. The van der Waals surface area contributed by atoms with Crippen LogP contribution in [-0.2, 0) is 14.2 Å². The minimum Gasteiger partial charge on any atom is -0.444 e. The Kier molecular flexibility index (Phi) is 10.4. The van der Waals surface area contributed by atoms with E-state index in [2.05, 4.69) is 12.2 Å². The lowest BCUT2D eigenvalue weighted by molar-refractivity contribution is 0.0232. The van der Waals surface area contributed by atoms with Crippen molar-refractivity contribution in [3.63, 3.8) is 0 Å². The highest BCUT2D eigenvalue weighted by molar-refractivity contribution is 5.67. The van der Waals surface area contributed by atoms with Crippen LogP contribution in [-0.4, -0.2) is 56.9 Å². The molecule has 2 N–H and O–H groups in total. The van der Waals surface area contributed by atoms with Gasteiger partial charge >= 0.3 is 6.09 Å². The number of rotatable bonds is 11. The summed E-state index contributed by atoms with van der Waals surface area (Å²) in [6.07, 6.45) is 1.96. The maximum absolute atomic E-state index is 11.8. The van der Waals surface area contributed by atoms with Crippen molar-refractivity contribution >= 4 is 6.09 Å². The molecule has 1 amide bonds. The third kappa shape index (κ3) is 9.97. The highest BCUT2D eigenvalue weighted by atomic mass is 16.6. The molecule has 0 saturated carbocycles. The maximum atomic E-state index is 11.8. The molecule has 0 aromatic heterocycles. The van der Waals surface area contributed by atoms with Crippen LogP contribution < -0.4 is 5.32 Å². The van der Waals surface area contributed by atoms with E-state index in [1.165, 1.54) is 0 Å². The number of hydrogen-bond donors (Lipinski definition) is 2. The number of carbonyl (C=O) groups is 1. The van der Waals surface area contributed by atoms with Gasteiger partial charge in [0.15, 0.2) is 0 Å². The van der Waals surface area contributed by atoms with Crippen LogP contribution in [0, 0.1) is 5.41 Å². The van der Waals surface area contributed by atoms with Gasteiger partial charge in [-0.2, -0.15) is 0 Å². The summed E-state index contributed by atoms with van der Waals surface area (Å²) in [6, 6.07) is 0. The van der Waals surface area contributed by atoms with Crippen LogP contribution in [0.25, 0.3) is 0 Å². The van der Waals surface area contributed by atoms with E-state index < -0.39 is 11.7 Å². The number of amides is 1. The zero-order valence-corrected chi connectivity index (χ0v) is 14.7. The Balaban J connectivity index is 4.38. The predicted octanol–water partition coefficient (Wildman–Crippen LogP) is 2.34. The van der Waals surface area contributed by atoms with Crippen LogP contribution in [0.15, 0.2) is 0 Å². The number of aliphatic hydroxyl groups is 1. The van der Waals surface area contributed by atoms with Crippen molar-refractivity contribution in [1.82, 2.24) is 5.32 Å². The summed E-state index contributed by atoms with van der Waals surface area (Å²) in [5, 5.41) is 12.5. The lowest BCUT2D eigenvalue weighted by Gasteiger charge is -2.32. The standard InChI is InChI=1S/C16H33NO5/c1-6-7-16(13-18,8-9-21-11-10-20-5)12-17-14(19)22-15(2,3)4/h18H,6-13H2,1-5H3,(H,17,19). The fourth-order valence-electron chi connectivity index (χ4n) is 2.15. The quantitative estimate of drug-likeness (QED) is 0.572. The molecular formula is C16H33NO5. The Morgan fingerprint density at radius 3 is 2.32 bits per heavy atom. The largest absolute Gasteiger partial charge is 0.444 e. The van der Waals surface area contributed by atoms with Gasteiger partial charge in [0.25, 0.3) is 0 Å². The Bertz CT molecular complexity index is 303. The number of methoxy groups -OCH3 is 1. The third-order valence-corrected chi connectivity index (χ3v) is 3.33. The molecule has 0 bridgehead atoms. The molecule has 0 aromatic carbocycles. The lowest BCUT2D eigenvalue weighted by Crippen LogP contribution is -2.43. The molecule has 6 nitrogen and oxygen atoms in total. The van der Waals surface area contributed by atoms with Crippen molar-refractivity contribution in [3.05, 3.63) is 0 Å². The van der Waals surface area contributed by atoms with Crippen molar-refractivity contribution < 1.29 is 24.1 Å². The van der Waals surface area contributed by atoms with Crippen molar-refractivity contribution in [2.75, 3.05) is 40.1 Å².